The Bertz CT molecular complexity index is 1270. The summed E-state index contributed by atoms with van der Waals surface area (Å²) in [5, 5.41) is 10.5. The van der Waals surface area contributed by atoms with Crippen molar-refractivity contribution in [2.45, 2.75) is 12.9 Å². The Morgan fingerprint density at radius 3 is 2.50 bits per heavy atom. The predicted octanol–water partition coefficient (Wildman–Crippen LogP) is 3.98. The molecule has 0 amide bonds. The van der Waals surface area contributed by atoms with Gasteiger partial charge in [-0.3, -0.25) is 9.55 Å². The van der Waals surface area contributed by atoms with Crippen LogP contribution in [-0.2, 0) is 6.54 Å². The number of alkyl halides is 3. The van der Waals surface area contributed by atoms with Crippen molar-refractivity contribution in [1.82, 2.24) is 14.1 Å². The van der Waals surface area contributed by atoms with Crippen molar-refractivity contribution < 1.29 is 27.4 Å². The first-order chi connectivity index (χ1) is 14.2. The fourth-order valence-electron chi connectivity index (χ4n) is 3.18. The highest BCUT2D eigenvalue weighted by molar-refractivity contribution is 5.82. The lowest BCUT2D eigenvalue weighted by molar-refractivity contribution is -0.274. The molecule has 0 bridgehead atoms. The molecule has 6 nitrogen and oxygen atoms in total. The summed E-state index contributed by atoms with van der Waals surface area (Å²) in [4.78, 5) is 16.9. The van der Waals surface area contributed by atoms with E-state index in [2.05, 4.69) is 9.72 Å². The monoisotopic (exact) mass is 419 g/mol. The van der Waals surface area contributed by atoms with Crippen molar-refractivity contribution in [3.63, 3.8) is 0 Å². The van der Waals surface area contributed by atoms with Crippen LogP contribution in [0, 0.1) is 5.82 Å². The van der Waals surface area contributed by atoms with E-state index < -0.39 is 29.5 Å². The standard InChI is InChI=1S/C20H13F4N3O3/c21-15-2-1-3-16-18(15)12(8-9-25-16)10-26-11-17(28)27(19(26)29)13-4-6-14(7-5-13)30-20(22,23)24/h1-9,11,28H,10H2. The molecule has 154 valence electrons. The molecule has 0 saturated heterocycles. The van der Waals surface area contributed by atoms with Crippen LogP contribution in [-0.4, -0.2) is 25.6 Å². The van der Waals surface area contributed by atoms with Gasteiger partial charge in [-0.05, 0) is 48.0 Å². The summed E-state index contributed by atoms with van der Waals surface area (Å²) in [6.45, 7) is -0.0470. The fraction of sp³-hybridized carbons (Fsp3) is 0.100. The third-order valence-corrected chi connectivity index (χ3v) is 4.41. The van der Waals surface area contributed by atoms with Crippen LogP contribution in [0.4, 0.5) is 17.6 Å². The number of halogens is 4. The van der Waals surface area contributed by atoms with Gasteiger partial charge in [0.1, 0.15) is 11.6 Å². The molecule has 0 unspecified atom stereocenters. The molecule has 10 heteroatoms. The van der Waals surface area contributed by atoms with Crippen LogP contribution in [0.15, 0.2) is 65.7 Å². The lowest BCUT2D eigenvalue weighted by Crippen LogP contribution is -2.23. The van der Waals surface area contributed by atoms with Crippen LogP contribution >= 0.6 is 0 Å². The number of imidazole rings is 1. The van der Waals surface area contributed by atoms with Gasteiger partial charge in [-0.1, -0.05) is 6.07 Å². The van der Waals surface area contributed by atoms with Crippen LogP contribution in [0.2, 0.25) is 0 Å². The van der Waals surface area contributed by atoms with Crippen molar-refractivity contribution in [3.05, 3.63) is 82.8 Å². The van der Waals surface area contributed by atoms with Gasteiger partial charge in [0, 0.05) is 11.6 Å². The average Bonchev–Trinajstić information content (AvgIpc) is 2.95. The molecule has 0 aliphatic heterocycles. The van der Waals surface area contributed by atoms with Crippen LogP contribution in [0.1, 0.15) is 5.56 Å². The number of fused-ring (bicyclic) bond motifs is 1. The third-order valence-electron chi connectivity index (χ3n) is 4.41. The summed E-state index contributed by atoms with van der Waals surface area (Å²) in [7, 11) is 0. The molecule has 30 heavy (non-hydrogen) atoms. The molecule has 0 fully saturated rings. The molecule has 4 rings (SSSR count). The van der Waals surface area contributed by atoms with E-state index in [-0.39, 0.29) is 17.6 Å². The van der Waals surface area contributed by atoms with E-state index in [4.69, 9.17) is 0 Å². The van der Waals surface area contributed by atoms with Gasteiger partial charge in [-0.2, -0.15) is 0 Å². The minimum Gasteiger partial charge on any atom is -0.493 e. The van der Waals surface area contributed by atoms with Gasteiger partial charge in [0.2, 0.25) is 5.88 Å². The first-order valence-electron chi connectivity index (χ1n) is 8.62. The Hall–Kier alpha value is -3.82. The lowest BCUT2D eigenvalue weighted by Gasteiger charge is -2.09. The fourth-order valence-corrected chi connectivity index (χ4v) is 3.18. The Morgan fingerprint density at radius 1 is 1.07 bits per heavy atom. The predicted molar refractivity (Wildman–Crippen MR) is 99.2 cm³/mol. The van der Waals surface area contributed by atoms with E-state index in [1.54, 1.807) is 12.1 Å². The van der Waals surface area contributed by atoms with Crippen LogP contribution in [0.25, 0.3) is 16.6 Å². The lowest BCUT2D eigenvalue weighted by atomic mass is 10.1. The largest absolute Gasteiger partial charge is 0.573 e. The number of ether oxygens (including phenoxy) is 1. The summed E-state index contributed by atoms with van der Waals surface area (Å²) in [5.74, 6) is -1.38. The van der Waals surface area contributed by atoms with E-state index in [9.17, 15) is 27.5 Å². The molecule has 2 heterocycles. The average molecular weight is 419 g/mol. The van der Waals surface area contributed by atoms with E-state index in [1.165, 1.54) is 30.5 Å². The summed E-state index contributed by atoms with van der Waals surface area (Å²) in [6.07, 6.45) is -2.19. The molecule has 1 N–H and O–H groups in total. The van der Waals surface area contributed by atoms with Crippen LogP contribution < -0.4 is 10.4 Å². The molecule has 0 saturated carbocycles. The SMILES string of the molecule is O=c1n(Cc2ccnc3cccc(F)c23)cc(O)n1-c1ccc(OC(F)(F)F)cc1. The molecule has 2 aromatic heterocycles. The maximum atomic E-state index is 14.3. The molecule has 0 radical (unpaired) electrons. The number of nitrogens with zero attached hydrogens (tertiary/aromatic N) is 3. The molecule has 4 aromatic rings. The van der Waals surface area contributed by atoms with Crippen molar-refractivity contribution >= 4 is 10.9 Å². The van der Waals surface area contributed by atoms with Gasteiger partial charge >= 0.3 is 12.1 Å². The van der Waals surface area contributed by atoms with Gasteiger partial charge in [-0.15, -0.1) is 13.2 Å². The maximum Gasteiger partial charge on any atom is 0.573 e. The third kappa shape index (κ3) is 3.71. The van der Waals surface area contributed by atoms with Gasteiger partial charge in [-0.25, -0.2) is 13.8 Å². The van der Waals surface area contributed by atoms with Crippen molar-refractivity contribution in [1.29, 1.82) is 0 Å². The summed E-state index contributed by atoms with van der Waals surface area (Å²) >= 11 is 0. The Balaban J connectivity index is 1.70. The molecule has 0 aliphatic carbocycles. The minimum atomic E-state index is -4.84. The quantitative estimate of drug-likeness (QED) is 0.508. The van der Waals surface area contributed by atoms with Crippen molar-refractivity contribution in [3.8, 4) is 17.3 Å². The first-order valence-corrected chi connectivity index (χ1v) is 8.62. The zero-order valence-electron chi connectivity index (χ0n) is 15.1. The van der Waals surface area contributed by atoms with Crippen molar-refractivity contribution in [2.75, 3.05) is 0 Å². The first kappa shape index (κ1) is 19.5. The molecule has 0 aliphatic rings. The molecule has 0 spiro atoms. The van der Waals surface area contributed by atoms with Gasteiger partial charge < -0.3 is 9.84 Å². The molecular weight excluding hydrogens is 406 g/mol. The number of benzene rings is 2. The van der Waals surface area contributed by atoms with Crippen LogP contribution in [0.3, 0.4) is 0 Å². The van der Waals surface area contributed by atoms with E-state index in [0.29, 0.717) is 11.1 Å². The Labute approximate surface area is 166 Å². The van der Waals surface area contributed by atoms with Gasteiger partial charge in [0.15, 0.2) is 0 Å². The number of aromatic nitrogens is 3. The smallest absolute Gasteiger partial charge is 0.493 e. The number of hydrogen-bond donors (Lipinski definition) is 1. The van der Waals surface area contributed by atoms with E-state index >= 15 is 0 Å². The zero-order chi connectivity index (χ0) is 21.5. The number of pyridine rings is 1. The Kier molecular flexibility index (Phi) is 4.69. The number of aromatic hydroxyl groups is 1. The summed E-state index contributed by atoms with van der Waals surface area (Å²) < 4.78 is 57.0. The van der Waals surface area contributed by atoms with Gasteiger partial charge in [0.25, 0.3) is 0 Å². The Morgan fingerprint density at radius 2 is 1.80 bits per heavy atom. The van der Waals surface area contributed by atoms with Gasteiger partial charge in [0.05, 0.1) is 23.9 Å². The molecule has 0 atom stereocenters. The van der Waals surface area contributed by atoms with Crippen LogP contribution in [0.5, 0.6) is 11.6 Å². The summed E-state index contributed by atoms with van der Waals surface area (Å²) in [5.41, 5.74) is 0.380. The molecular formula is C20H13F4N3O3. The topological polar surface area (TPSA) is 69.3 Å². The zero-order valence-corrected chi connectivity index (χ0v) is 15.1. The normalized spacial score (nSPS) is 11.7. The highest BCUT2D eigenvalue weighted by atomic mass is 19.4. The van der Waals surface area contributed by atoms with E-state index in [0.717, 1.165) is 27.5 Å². The second-order valence-corrected chi connectivity index (χ2v) is 6.38. The molecule has 2 aromatic carbocycles. The van der Waals surface area contributed by atoms with E-state index in [1.807, 2.05) is 0 Å². The second-order valence-electron chi connectivity index (χ2n) is 6.38. The highest BCUT2D eigenvalue weighted by Gasteiger charge is 2.31. The number of hydrogen-bond acceptors (Lipinski definition) is 4. The van der Waals surface area contributed by atoms with Crippen molar-refractivity contribution in [2.24, 2.45) is 0 Å². The summed E-state index contributed by atoms with van der Waals surface area (Å²) in [6, 6.07) is 10.5. The highest BCUT2D eigenvalue weighted by Crippen LogP contribution is 2.25. The second kappa shape index (κ2) is 7.21. The maximum absolute atomic E-state index is 14.3. The number of rotatable bonds is 4. The minimum absolute atomic E-state index is 0.0470.